The van der Waals surface area contributed by atoms with E-state index in [1.165, 1.54) is 16.7 Å². The average molecular weight is 243 g/mol. The summed E-state index contributed by atoms with van der Waals surface area (Å²) in [5, 5.41) is 0.817. The maximum Gasteiger partial charge on any atom is 0.0435 e. The summed E-state index contributed by atoms with van der Waals surface area (Å²) in [5.74, 6) is 0. The molecular weight excluding hydrogens is 228 g/mol. The molecule has 0 bridgehead atoms. The second-order valence-corrected chi connectivity index (χ2v) is 4.66. The molecule has 0 radical (unpaired) electrons. The van der Waals surface area contributed by atoms with E-state index in [9.17, 15) is 0 Å². The number of hydrogen-bond donors (Lipinski definition) is 0. The van der Waals surface area contributed by atoms with Crippen molar-refractivity contribution < 1.29 is 0 Å². The molecule has 0 atom stereocenters. The van der Waals surface area contributed by atoms with E-state index in [2.05, 4.69) is 49.4 Å². The molecule has 17 heavy (non-hydrogen) atoms. The smallest absolute Gasteiger partial charge is 0.0435 e. The third-order valence-corrected chi connectivity index (χ3v) is 3.15. The molecule has 0 aromatic heterocycles. The van der Waals surface area contributed by atoms with E-state index in [4.69, 9.17) is 11.6 Å². The molecule has 0 nitrogen and oxygen atoms in total. The van der Waals surface area contributed by atoms with Gasteiger partial charge in [-0.15, -0.1) is 0 Å². The van der Waals surface area contributed by atoms with Gasteiger partial charge in [0.25, 0.3) is 0 Å². The van der Waals surface area contributed by atoms with Crippen molar-refractivity contribution in [2.24, 2.45) is 0 Å². The molecule has 0 aliphatic rings. The Morgan fingerprint density at radius 1 is 0.824 bits per heavy atom. The number of benzene rings is 2. The average Bonchev–Trinajstić information content (AvgIpc) is 2.33. The van der Waals surface area contributed by atoms with E-state index in [1.54, 1.807) is 0 Å². The van der Waals surface area contributed by atoms with E-state index >= 15 is 0 Å². The van der Waals surface area contributed by atoms with Crippen molar-refractivity contribution in [1.82, 2.24) is 0 Å². The van der Waals surface area contributed by atoms with Crippen LogP contribution in [0.1, 0.15) is 22.3 Å². The first-order valence-corrected chi connectivity index (χ1v) is 6.04. The zero-order valence-corrected chi connectivity index (χ0v) is 10.8. The van der Waals surface area contributed by atoms with Gasteiger partial charge in [0, 0.05) is 5.02 Å². The Labute approximate surface area is 108 Å². The predicted octanol–water partition coefficient (Wildman–Crippen LogP) is 5.13. The first-order valence-electron chi connectivity index (χ1n) is 5.66. The summed E-state index contributed by atoms with van der Waals surface area (Å²) < 4.78 is 0. The lowest BCUT2D eigenvalue weighted by Crippen LogP contribution is -1.78. The lowest BCUT2D eigenvalue weighted by molar-refractivity contribution is 1.45. The Morgan fingerprint density at radius 3 is 2.06 bits per heavy atom. The van der Waals surface area contributed by atoms with Crippen molar-refractivity contribution in [2.75, 3.05) is 0 Å². The predicted molar refractivity (Wildman–Crippen MR) is 76.3 cm³/mol. The topological polar surface area (TPSA) is 0 Å². The molecule has 0 heterocycles. The normalized spacial score (nSPS) is 11.0. The van der Waals surface area contributed by atoms with Gasteiger partial charge in [-0.05, 0) is 36.6 Å². The maximum absolute atomic E-state index is 5.99. The van der Waals surface area contributed by atoms with Crippen LogP contribution in [0.4, 0.5) is 0 Å². The summed E-state index contributed by atoms with van der Waals surface area (Å²) in [4.78, 5) is 0. The molecule has 0 spiro atoms. The molecular formula is C16H15Cl. The summed E-state index contributed by atoms with van der Waals surface area (Å²) in [6.45, 7) is 4.11. The van der Waals surface area contributed by atoms with Crippen LogP contribution in [0, 0.1) is 13.8 Å². The molecule has 2 aromatic carbocycles. The van der Waals surface area contributed by atoms with Crippen molar-refractivity contribution in [3.05, 3.63) is 69.7 Å². The second kappa shape index (κ2) is 5.20. The van der Waals surface area contributed by atoms with E-state index in [0.717, 1.165) is 10.6 Å². The molecule has 2 aromatic rings. The molecule has 0 unspecified atom stereocenters. The Kier molecular flexibility index (Phi) is 3.65. The summed E-state index contributed by atoms with van der Waals surface area (Å²) >= 11 is 5.99. The minimum absolute atomic E-state index is 0.817. The van der Waals surface area contributed by atoms with Gasteiger partial charge in [-0.2, -0.15) is 0 Å². The van der Waals surface area contributed by atoms with Gasteiger partial charge < -0.3 is 0 Å². The third kappa shape index (κ3) is 3.21. The van der Waals surface area contributed by atoms with Crippen molar-refractivity contribution in [3.63, 3.8) is 0 Å². The monoisotopic (exact) mass is 242 g/mol. The van der Waals surface area contributed by atoms with Crippen molar-refractivity contribution >= 4 is 23.8 Å². The van der Waals surface area contributed by atoms with Crippen LogP contribution in [-0.4, -0.2) is 0 Å². The van der Waals surface area contributed by atoms with Gasteiger partial charge in [-0.3, -0.25) is 0 Å². The van der Waals surface area contributed by atoms with Crippen LogP contribution >= 0.6 is 11.6 Å². The SMILES string of the molecule is Cc1ccc(/C=C\c2ccc(Cl)c(C)c2)cc1. The minimum atomic E-state index is 0.817. The summed E-state index contributed by atoms with van der Waals surface area (Å²) in [6.07, 6.45) is 4.22. The van der Waals surface area contributed by atoms with E-state index < -0.39 is 0 Å². The lowest BCUT2D eigenvalue weighted by Gasteiger charge is -1.99. The first kappa shape index (κ1) is 11.9. The zero-order valence-electron chi connectivity index (χ0n) is 10.1. The van der Waals surface area contributed by atoms with Gasteiger partial charge in [-0.25, -0.2) is 0 Å². The molecule has 2 rings (SSSR count). The molecule has 0 saturated carbocycles. The largest absolute Gasteiger partial charge is 0.0841 e. The Bertz CT molecular complexity index is 536. The van der Waals surface area contributed by atoms with Crippen LogP contribution < -0.4 is 0 Å². The molecule has 0 aliphatic heterocycles. The number of aryl methyl sites for hydroxylation is 2. The molecule has 0 fully saturated rings. The Balaban J connectivity index is 2.20. The van der Waals surface area contributed by atoms with Gasteiger partial charge >= 0.3 is 0 Å². The fraction of sp³-hybridized carbons (Fsp3) is 0.125. The fourth-order valence-electron chi connectivity index (χ4n) is 1.64. The van der Waals surface area contributed by atoms with E-state index in [1.807, 2.05) is 19.1 Å². The maximum atomic E-state index is 5.99. The molecule has 0 N–H and O–H groups in total. The third-order valence-electron chi connectivity index (χ3n) is 2.73. The Hall–Kier alpha value is -1.53. The zero-order chi connectivity index (χ0) is 12.3. The van der Waals surface area contributed by atoms with E-state index in [0.29, 0.717) is 0 Å². The molecule has 1 heteroatoms. The molecule has 0 amide bonds. The number of rotatable bonds is 2. The van der Waals surface area contributed by atoms with Crippen LogP contribution in [0.15, 0.2) is 42.5 Å². The quantitative estimate of drug-likeness (QED) is 0.641. The summed E-state index contributed by atoms with van der Waals surface area (Å²) in [7, 11) is 0. The van der Waals surface area contributed by atoms with Crippen molar-refractivity contribution in [1.29, 1.82) is 0 Å². The van der Waals surface area contributed by atoms with E-state index in [-0.39, 0.29) is 0 Å². The second-order valence-electron chi connectivity index (χ2n) is 4.25. The lowest BCUT2D eigenvalue weighted by atomic mass is 10.1. The van der Waals surface area contributed by atoms with Crippen molar-refractivity contribution in [2.45, 2.75) is 13.8 Å². The van der Waals surface area contributed by atoms with Crippen LogP contribution in [0.5, 0.6) is 0 Å². The van der Waals surface area contributed by atoms with Crippen LogP contribution in [0.3, 0.4) is 0 Å². The minimum Gasteiger partial charge on any atom is -0.0841 e. The summed E-state index contributed by atoms with van der Waals surface area (Å²) in [5.41, 5.74) is 4.78. The van der Waals surface area contributed by atoms with Gasteiger partial charge in [0.2, 0.25) is 0 Å². The van der Waals surface area contributed by atoms with Crippen molar-refractivity contribution in [3.8, 4) is 0 Å². The highest BCUT2D eigenvalue weighted by atomic mass is 35.5. The highest BCUT2D eigenvalue weighted by Crippen LogP contribution is 2.18. The van der Waals surface area contributed by atoms with Gasteiger partial charge in [0.15, 0.2) is 0 Å². The van der Waals surface area contributed by atoms with Gasteiger partial charge in [0.1, 0.15) is 0 Å². The van der Waals surface area contributed by atoms with Gasteiger partial charge in [0.05, 0.1) is 0 Å². The Morgan fingerprint density at radius 2 is 1.41 bits per heavy atom. The standard InChI is InChI=1S/C16H15Cl/c1-12-3-5-14(6-4-12)7-8-15-9-10-16(17)13(2)11-15/h3-11H,1-2H3/b8-7-. The van der Waals surface area contributed by atoms with Crippen LogP contribution in [0.2, 0.25) is 5.02 Å². The van der Waals surface area contributed by atoms with Gasteiger partial charge in [-0.1, -0.05) is 65.7 Å². The highest BCUT2D eigenvalue weighted by molar-refractivity contribution is 6.31. The first-order chi connectivity index (χ1) is 8.15. The van der Waals surface area contributed by atoms with Crippen LogP contribution in [0.25, 0.3) is 12.2 Å². The molecule has 86 valence electrons. The number of hydrogen-bond acceptors (Lipinski definition) is 0. The molecule has 0 aliphatic carbocycles. The molecule has 0 saturated heterocycles. The van der Waals surface area contributed by atoms with Crippen LogP contribution in [-0.2, 0) is 0 Å². The fourth-order valence-corrected chi connectivity index (χ4v) is 1.76. The highest BCUT2D eigenvalue weighted by Gasteiger charge is 1.94. The number of halogens is 1. The summed E-state index contributed by atoms with van der Waals surface area (Å²) in [6, 6.07) is 14.5.